The number of nitrogens with zero attached hydrogens (tertiary/aromatic N) is 2. The molecule has 0 unspecified atom stereocenters. The van der Waals surface area contributed by atoms with Crippen LogP contribution in [0.25, 0.3) is 0 Å². The number of nitrogens with one attached hydrogen (secondary N) is 1. The third-order valence-corrected chi connectivity index (χ3v) is 5.20. The first kappa shape index (κ1) is 19.5. The highest BCUT2D eigenvalue weighted by Crippen LogP contribution is 2.33. The summed E-state index contributed by atoms with van der Waals surface area (Å²) < 4.78 is 10.9. The smallest absolute Gasteiger partial charge is 0.231 e. The molecule has 2 heterocycles. The van der Waals surface area contributed by atoms with E-state index in [0.717, 1.165) is 34.0 Å². The fourth-order valence-electron chi connectivity index (χ4n) is 3.11. The van der Waals surface area contributed by atoms with Gasteiger partial charge >= 0.3 is 0 Å². The van der Waals surface area contributed by atoms with Crippen LogP contribution in [-0.4, -0.2) is 21.8 Å². The summed E-state index contributed by atoms with van der Waals surface area (Å²) in [5.74, 6) is 1.52. The van der Waals surface area contributed by atoms with Crippen molar-refractivity contribution in [1.29, 1.82) is 0 Å². The van der Waals surface area contributed by atoms with Gasteiger partial charge in [-0.1, -0.05) is 23.7 Å². The number of halogens is 1. The van der Waals surface area contributed by atoms with E-state index in [1.54, 1.807) is 6.20 Å². The van der Waals surface area contributed by atoms with Gasteiger partial charge in [-0.25, -0.2) is 0 Å². The standard InChI is InChI=1S/C22H20ClN3O2S/c1-15-10-17(23)6-7-19(15)25-22(29)26(13-18-4-2-3-9-24-18)12-16-5-8-20-21(11-16)28-14-27-20/h2-11H,12-14H2,1H3,(H,25,29). The molecule has 1 aromatic heterocycles. The number of benzene rings is 2. The molecule has 5 nitrogen and oxygen atoms in total. The van der Waals surface area contributed by atoms with Gasteiger partial charge < -0.3 is 19.7 Å². The molecular weight excluding hydrogens is 406 g/mol. The highest BCUT2D eigenvalue weighted by atomic mass is 35.5. The SMILES string of the molecule is Cc1cc(Cl)ccc1NC(=S)N(Cc1ccc2c(c1)OCO2)Cc1ccccn1. The second-order valence-corrected chi connectivity index (χ2v) is 7.58. The van der Waals surface area contributed by atoms with E-state index in [0.29, 0.717) is 23.2 Å². The van der Waals surface area contributed by atoms with Crippen molar-refractivity contribution in [1.82, 2.24) is 9.88 Å². The largest absolute Gasteiger partial charge is 0.454 e. The van der Waals surface area contributed by atoms with Crippen molar-refractivity contribution in [3.63, 3.8) is 0 Å². The summed E-state index contributed by atoms with van der Waals surface area (Å²) in [6, 6.07) is 17.5. The molecule has 2 aromatic carbocycles. The molecule has 0 bridgehead atoms. The number of rotatable bonds is 5. The number of ether oxygens (including phenoxy) is 2. The minimum atomic E-state index is 0.256. The quantitative estimate of drug-likeness (QED) is 0.569. The molecule has 0 radical (unpaired) electrons. The van der Waals surface area contributed by atoms with Gasteiger partial charge in [-0.3, -0.25) is 4.98 Å². The summed E-state index contributed by atoms with van der Waals surface area (Å²) in [5, 5.41) is 4.65. The summed E-state index contributed by atoms with van der Waals surface area (Å²) in [6.45, 7) is 3.43. The number of fused-ring (bicyclic) bond motifs is 1. The third kappa shape index (κ3) is 4.78. The Balaban J connectivity index is 1.56. The molecule has 0 fully saturated rings. The minimum absolute atomic E-state index is 0.256. The molecule has 0 spiro atoms. The van der Waals surface area contributed by atoms with E-state index in [2.05, 4.69) is 15.2 Å². The average molecular weight is 426 g/mol. The van der Waals surface area contributed by atoms with Gasteiger partial charge in [0.1, 0.15) is 0 Å². The van der Waals surface area contributed by atoms with Gasteiger partial charge in [0.25, 0.3) is 0 Å². The lowest BCUT2D eigenvalue weighted by molar-refractivity contribution is 0.174. The topological polar surface area (TPSA) is 46.6 Å². The van der Waals surface area contributed by atoms with Crippen molar-refractivity contribution in [2.75, 3.05) is 12.1 Å². The van der Waals surface area contributed by atoms with Crippen LogP contribution in [0.1, 0.15) is 16.8 Å². The molecule has 0 amide bonds. The summed E-state index contributed by atoms with van der Waals surface area (Å²) in [5.41, 5.74) is 3.96. The van der Waals surface area contributed by atoms with Crippen LogP contribution in [0, 0.1) is 6.92 Å². The summed E-state index contributed by atoms with van der Waals surface area (Å²) in [6.07, 6.45) is 1.79. The molecule has 0 aliphatic carbocycles. The maximum absolute atomic E-state index is 6.08. The highest BCUT2D eigenvalue weighted by Gasteiger charge is 2.17. The van der Waals surface area contributed by atoms with Crippen molar-refractivity contribution in [3.8, 4) is 11.5 Å². The second kappa shape index (κ2) is 8.68. The Hall–Kier alpha value is -2.83. The van der Waals surface area contributed by atoms with Crippen molar-refractivity contribution in [3.05, 3.63) is 82.6 Å². The van der Waals surface area contributed by atoms with Crippen LogP contribution >= 0.6 is 23.8 Å². The predicted molar refractivity (Wildman–Crippen MR) is 118 cm³/mol. The second-order valence-electron chi connectivity index (χ2n) is 6.75. The van der Waals surface area contributed by atoms with E-state index in [9.17, 15) is 0 Å². The normalized spacial score (nSPS) is 11.9. The van der Waals surface area contributed by atoms with Crippen LogP contribution in [0.15, 0.2) is 60.8 Å². The monoisotopic (exact) mass is 425 g/mol. The lowest BCUT2D eigenvalue weighted by Gasteiger charge is -2.26. The highest BCUT2D eigenvalue weighted by molar-refractivity contribution is 7.80. The van der Waals surface area contributed by atoms with Gasteiger partial charge in [0, 0.05) is 23.5 Å². The summed E-state index contributed by atoms with van der Waals surface area (Å²) >= 11 is 11.8. The Morgan fingerprint density at radius 3 is 2.76 bits per heavy atom. The van der Waals surface area contributed by atoms with E-state index in [1.807, 2.05) is 61.5 Å². The van der Waals surface area contributed by atoms with Crippen LogP contribution in [0.4, 0.5) is 5.69 Å². The molecule has 0 saturated carbocycles. The molecule has 1 N–H and O–H groups in total. The zero-order valence-electron chi connectivity index (χ0n) is 15.9. The van der Waals surface area contributed by atoms with E-state index in [1.165, 1.54) is 0 Å². The van der Waals surface area contributed by atoms with Crippen molar-refractivity contribution in [2.45, 2.75) is 20.0 Å². The molecule has 148 valence electrons. The van der Waals surface area contributed by atoms with Gasteiger partial charge in [-0.15, -0.1) is 0 Å². The first-order valence-corrected chi connectivity index (χ1v) is 9.97. The fraction of sp³-hybridized carbons (Fsp3) is 0.182. The number of aromatic nitrogens is 1. The molecule has 7 heteroatoms. The van der Waals surface area contributed by atoms with Crippen molar-refractivity contribution < 1.29 is 9.47 Å². The van der Waals surface area contributed by atoms with Crippen LogP contribution in [-0.2, 0) is 13.1 Å². The third-order valence-electron chi connectivity index (χ3n) is 4.61. The predicted octanol–water partition coefficient (Wildman–Crippen LogP) is 5.17. The summed E-state index contributed by atoms with van der Waals surface area (Å²) in [4.78, 5) is 6.52. The maximum atomic E-state index is 6.08. The van der Waals surface area contributed by atoms with Crippen LogP contribution in [0.5, 0.6) is 11.5 Å². The molecule has 29 heavy (non-hydrogen) atoms. The Kier molecular flexibility index (Phi) is 5.83. The number of anilines is 1. The van der Waals surface area contributed by atoms with E-state index in [-0.39, 0.29) is 6.79 Å². The van der Waals surface area contributed by atoms with Crippen LogP contribution in [0.3, 0.4) is 0 Å². The van der Waals surface area contributed by atoms with Crippen LogP contribution < -0.4 is 14.8 Å². The zero-order chi connectivity index (χ0) is 20.2. The van der Waals surface area contributed by atoms with Crippen LogP contribution in [0.2, 0.25) is 5.02 Å². The van der Waals surface area contributed by atoms with E-state index >= 15 is 0 Å². The fourth-order valence-corrected chi connectivity index (χ4v) is 3.57. The molecule has 1 aliphatic heterocycles. The number of thiocarbonyl (C=S) groups is 1. The Bertz CT molecular complexity index is 1030. The molecule has 4 rings (SSSR count). The molecule has 3 aromatic rings. The molecular formula is C22H20ClN3O2S. The Morgan fingerprint density at radius 2 is 1.97 bits per heavy atom. The lowest BCUT2D eigenvalue weighted by Crippen LogP contribution is -2.34. The van der Waals surface area contributed by atoms with Gasteiger partial charge in [-0.2, -0.15) is 0 Å². The van der Waals surface area contributed by atoms with E-state index < -0.39 is 0 Å². The summed E-state index contributed by atoms with van der Waals surface area (Å²) in [7, 11) is 0. The number of hydrogen-bond donors (Lipinski definition) is 1. The number of hydrogen-bond acceptors (Lipinski definition) is 4. The van der Waals surface area contributed by atoms with Gasteiger partial charge in [0.05, 0.1) is 12.2 Å². The van der Waals surface area contributed by atoms with Gasteiger partial charge in [-0.05, 0) is 72.7 Å². The first-order valence-electron chi connectivity index (χ1n) is 9.19. The zero-order valence-corrected chi connectivity index (χ0v) is 17.5. The van der Waals surface area contributed by atoms with Gasteiger partial charge in [0.15, 0.2) is 16.6 Å². The van der Waals surface area contributed by atoms with Crippen molar-refractivity contribution in [2.24, 2.45) is 0 Å². The van der Waals surface area contributed by atoms with Gasteiger partial charge in [0.2, 0.25) is 6.79 Å². The first-order chi connectivity index (χ1) is 14.1. The number of aryl methyl sites for hydroxylation is 1. The van der Waals surface area contributed by atoms with Crippen molar-refractivity contribution >= 4 is 34.6 Å². The number of pyridine rings is 1. The lowest BCUT2D eigenvalue weighted by atomic mass is 10.2. The Morgan fingerprint density at radius 1 is 1.10 bits per heavy atom. The molecule has 0 atom stereocenters. The maximum Gasteiger partial charge on any atom is 0.231 e. The molecule has 0 saturated heterocycles. The van der Waals surface area contributed by atoms with E-state index in [4.69, 9.17) is 33.3 Å². The molecule has 1 aliphatic rings. The Labute approximate surface area is 180 Å². The average Bonchev–Trinajstić information content (AvgIpc) is 3.18. The minimum Gasteiger partial charge on any atom is -0.454 e.